The summed E-state index contributed by atoms with van der Waals surface area (Å²) in [6, 6.07) is 36.5. The number of rotatable bonds is 10. The highest BCUT2D eigenvalue weighted by molar-refractivity contribution is 6.06. The minimum Gasteiger partial charge on any atom is -0.483 e. The van der Waals surface area contributed by atoms with Gasteiger partial charge in [-0.25, -0.2) is 18.8 Å². The molecule has 0 fully saturated rings. The smallest absolute Gasteiger partial charge is 0.266 e. The average Bonchev–Trinajstić information content (AvgIpc) is 4.05. The first-order valence-electron chi connectivity index (χ1n) is 22.8. The highest BCUT2D eigenvalue weighted by Crippen LogP contribution is 2.44. The lowest BCUT2D eigenvalue weighted by molar-refractivity contribution is -0.130. The molecule has 11 nitrogen and oxygen atoms in total. The third kappa shape index (κ3) is 9.56. The Kier molecular flexibility index (Phi) is 12.6. The van der Waals surface area contributed by atoms with Gasteiger partial charge in [-0.15, -0.1) is 0 Å². The van der Waals surface area contributed by atoms with E-state index in [0.717, 1.165) is 40.7 Å². The fourth-order valence-corrected chi connectivity index (χ4v) is 9.14. The summed E-state index contributed by atoms with van der Waals surface area (Å²) in [5.74, 6) is 1.65. The molecule has 348 valence electrons. The van der Waals surface area contributed by atoms with Crippen LogP contribution in [-0.2, 0) is 35.5 Å². The molecule has 4 aliphatic heterocycles. The van der Waals surface area contributed by atoms with Crippen molar-refractivity contribution in [3.63, 3.8) is 0 Å². The quantitative estimate of drug-likeness (QED) is 0.134. The van der Waals surface area contributed by atoms with Crippen LogP contribution < -0.4 is 18.9 Å². The van der Waals surface area contributed by atoms with Crippen LogP contribution in [0.4, 0.5) is 20.2 Å². The summed E-state index contributed by atoms with van der Waals surface area (Å²) in [5, 5.41) is 0. The molecule has 13 heteroatoms. The summed E-state index contributed by atoms with van der Waals surface area (Å²) in [6.07, 6.45) is 3.23. The number of pyridine rings is 1. The molecular weight excluding hydrogens is 865 g/mol. The van der Waals surface area contributed by atoms with Crippen LogP contribution in [0.25, 0.3) is 0 Å². The van der Waals surface area contributed by atoms with Gasteiger partial charge in [-0.1, -0.05) is 98.8 Å². The van der Waals surface area contributed by atoms with Crippen molar-refractivity contribution >= 4 is 34.9 Å². The van der Waals surface area contributed by atoms with Crippen LogP contribution in [-0.4, -0.2) is 62.7 Å². The molecule has 6 aromatic rings. The van der Waals surface area contributed by atoms with E-state index in [2.05, 4.69) is 15.0 Å². The number of halogens is 2. The minimum absolute atomic E-state index is 0.183. The molecule has 10 rings (SSSR count). The number of aromatic nitrogens is 1. The fraction of sp³-hybridized carbons (Fsp3) is 0.291. The summed E-state index contributed by atoms with van der Waals surface area (Å²) in [6.45, 7) is 12.1. The standard InChI is InChI=1S/C28H27FN2O3.C27H26FN3O3/c1-18-21-12-8-13-22(29)25(21)30-27(18)31(16-19-9-5-4-6-10-19)24(32)17-33-23-14-7-11-20-15-28(2,3)34-26(20)23;1-17-20-10-7-11-21(28)24(20)30-26(17)31(15-19-9-4-5-13-29-19)23(32)16-33-22-12-6-8-18-14-27(2,3)34-25(18)22/h4-14,18H,15-17H2,1-3H3;4-13,17H,14-16H2,1-3H3. The average molecular weight is 918 g/mol. The van der Waals surface area contributed by atoms with E-state index < -0.39 is 5.82 Å². The van der Waals surface area contributed by atoms with Crippen molar-refractivity contribution in [1.29, 1.82) is 0 Å². The normalized spacial score (nSPS) is 17.4. The molecule has 5 aromatic carbocycles. The zero-order chi connectivity index (χ0) is 47.7. The predicted octanol–water partition coefficient (Wildman–Crippen LogP) is 11.0. The molecule has 0 bridgehead atoms. The molecular formula is C55H53F2N5O6. The highest BCUT2D eigenvalue weighted by atomic mass is 19.1. The van der Waals surface area contributed by atoms with Gasteiger partial charge in [0.15, 0.2) is 36.2 Å². The number of amidine groups is 2. The Labute approximate surface area is 395 Å². The molecule has 0 saturated carbocycles. The van der Waals surface area contributed by atoms with Gasteiger partial charge in [0.05, 0.1) is 18.8 Å². The second-order valence-electron chi connectivity index (χ2n) is 18.6. The lowest BCUT2D eigenvalue weighted by Gasteiger charge is -2.26. The van der Waals surface area contributed by atoms with E-state index in [1.807, 2.05) is 133 Å². The number of hydrogen-bond acceptors (Lipinski definition) is 9. The van der Waals surface area contributed by atoms with Crippen LogP contribution in [0.2, 0.25) is 0 Å². The van der Waals surface area contributed by atoms with Gasteiger partial charge in [-0.3, -0.25) is 24.4 Å². The Bertz CT molecular complexity index is 2740. The topological polar surface area (TPSA) is 115 Å². The minimum atomic E-state index is -0.402. The number of ether oxygens (including phenoxy) is 4. The van der Waals surface area contributed by atoms with Crippen LogP contribution in [0.1, 0.15) is 86.9 Å². The number of carbonyl (C=O) groups excluding carboxylic acids is 2. The van der Waals surface area contributed by atoms with Crippen molar-refractivity contribution in [2.24, 2.45) is 9.98 Å². The summed E-state index contributed by atoms with van der Waals surface area (Å²) in [5.41, 5.74) is 5.26. The summed E-state index contributed by atoms with van der Waals surface area (Å²) in [7, 11) is 0. The molecule has 0 saturated heterocycles. The van der Waals surface area contributed by atoms with Gasteiger partial charge < -0.3 is 18.9 Å². The monoisotopic (exact) mass is 917 g/mol. The maximum atomic E-state index is 14.4. The Hall–Kier alpha value is -7.41. The van der Waals surface area contributed by atoms with E-state index in [4.69, 9.17) is 18.9 Å². The summed E-state index contributed by atoms with van der Waals surface area (Å²) >= 11 is 0. The summed E-state index contributed by atoms with van der Waals surface area (Å²) < 4.78 is 52.9. The van der Waals surface area contributed by atoms with E-state index in [0.29, 0.717) is 52.6 Å². The molecule has 2 atom stereocenters. The van der Waals surface area contributed by atoms with E-state index in [1.165, 1.54) is 12.1 Å². The maximum absolute atomic E-state index is 14.4. The van der Waals surface area contributed by atoms with Crippen LogP contribution >= 0.6 is 0 Å². The molecule has 1 aromatic heterocycles. The molecule has 0 aliphatic carbocycles. The molecule has 68 heavy (non-hydrogen) atoms. The van der Waals surface area contributed by atoms with Gasteiger partial charge in [0, 0.05) is 42.0 Å². The first kappa shape index (κ1) is 45.7. The molecule has 0 spiro atoms. The second-order valence-corrected chi connectivity index (χ2v) is 18.6. The fourth-order valence-electron chi connectivity index (χ4n) is 9.14. The first-order valence-corrected chi connectivity index (χ1v) is 22.8. The van der Waals surface area contributed by atoms with E-state index in [1.54, 1.807) is 34.2 Å². The number of carbonyl (C=O) groups is 2. The zero-order valence-corrected chi connectivity index (χ0v) is 39.0. The first-order chi connectivity index (χ1) is 32.6. The van der Waals surface area contributed by atoms with Crippen molar-refractivity contribution in [2.75, 3.05) is 13.2 Å². The van der Waals surface area contributed by atoms with E-state index >= 15 is 0 Å². The molecule has 2 unspecified atom stereocenters. The van der Waals surface area contributed by atoms with Crippen molar-refractivity contribution in [2.45, 2.75) is 90.5 Å². The molecule has 5 heterocycles. The third-order valence-electron chi connectivity index (χ3n) is 12.4. The highest BCUT2D eigenvalue weighted by Gasteiger charge is 2.37. The number of hydrogen-bond donors (Lipinski definition) is 0. The van der Waals surface area contributed by atoms with Gasteiger partial charge >= 0.3 is 0 Å². The molecule has 0 N–H and O–H groups in total. The number of benzene rings is 5. The molecule has 4 aliphatic rings. The van der Waals surface area contributed by atoms with Gasteiger partial charge in [0.2, 0.25) is 0 Å². The predicted molar refractivity (Wildman–Crippen MR) is 256 cm³/mol. The number of nitrogens with zero attached hydrogens (tertiary/aromatic N) is 5. The number of para-hydroxylation sites is 4. The van der Waals surface area contributed by atoms with Crippen molar-refractivity contribution < 1.29 is 37.3 Å². The Morgan fingerprint density at radius 2 is 1.07 bits per heavy atom. The van der Waals surface area contributed by atoms with Gasteiger partial charge in [0.1, 0.15) is 45.9 Å². The van der Waals surface area contributed by atoms with Gasteiger partial charge in [0.25, 0.3) is 11.8 Å². The molecule has 2 amide bonds. The van der Waals surface area contributed by atoms with Crippen LogP contribution in [0, 0.1) is 11.6 Å². The second kappa shape index (κ2) is 18.7. The Morgan fingerprint density at radius 3 is 1.54 bits per heavy atom. The van der Waals surface area contributed by atoms with Crippen molar-refractivity contribution in [3.8, 4) is 23.0 Å². The molecule has 0 radical (unpaired) electrons. The van der Waals surface area contributed by atoms with Gasteiger partial charge in [-0.2, -0.15) is 0 Å². The Balaban J connectivity index is 0.000000170. The van der Waals surface area contributed by atoms with E-state index in [9.17, 15) is 18.4 Å². The zero-order valence-electron chi connectivity index (χ0n) is 39.0. The lowest BCUT2D eigenvalue weighted by atomic mass is 10.00. The summed E-state index contributed by atoms with van der Waals surface area (Å²) in [4.78, 5) is 43.6. The van der Waals surface area contributed by atoms with E-state index in [-0.39, 0.29) is 66.1 Å². The van der Waals surface area contributed by atoms with Crippen molar-refractivity contribution in [3.05, 3.63) is 173 Å². The number of amides is 2. The van der Waals surface area contributed by atoms with Crippen molar-refractivity contribution in [1.82, 2.24) is 14.8 Å². The van der Waals surface area contributed by atoms with Crippen LogP contribution in [0.5, 0.6) is 23.0 Å². The van der Waals surface area contributed by atoms with Crippen LogP contribution in [0.15, 0.2) is 138 Å². The maximum Gasteiger partial charge on any atom is 0.266 e. The largest absolute Gasteiger partial charge is 0.483 e. The number of aliphatic imine (C=N–C) groups is 2. The number of fused-ring (bicyclic) bond motifs is 4. The lowest BCUT2D eigenvalue weighted by Crippen LogP contribution is -2.40. The SMILES string of the molecule is CC1C(N(Cc2ccccc2)C(=O)COc2cccc3c2OC(C)(C)C3)=Nc2c(F)cccc21.CC1C(N(Cc2ccccn2)C(=O)COc2cccc3c2OC(C)(C)C3)=Nc2c(F)cccc21. The van der Waals surface area contributed by atoms with Gasteiger partial charge in [-0.05, 0) is 80.8 Å². The van der Waals surface area contributed by atoms with Crippen LogP contribution in [0.3, 0.4) is 0 Å². The Morgan fingerprint density at radius 1 is 0.603 bits per heavy atom. The third-order valence-corrected chi connectivity index (χ3v) is 12.4.